The molecule has 0 aliphatic heterocycles. The van der Waals surface area contributed by atoms with Crippen molar-refractivity contribution in [2.75, 3.05) is 0 Å². The largest absolute Gasteiger partial charge is 0.448 e. The van der Waals surface area contributed by atoms with E-state index in [0.29, 0.717) is 10.8 Å². The number of ether oxygens (including phenoxy) is 1. The summed E-state index contributed by atoms with van der Waals surface area (Å²) in [5.74, 6) is -0.446. The van der Waals surface area contributed by atoms with Crippen LogP contribution in [0.4, 0.5) is 0 Å². The smallest absolute Gasteiger partial charge is 0.349 e. The molecule has 0 aromatic carbocycles. The number of carbonyl (C=O) groups is 2. The molecule has 5 heteroatoms. The maximum Gasteiger partial charge on any atom is 0.349 e. The molecular formula is C16H23NO3S. The summed E-state index contributed by atoms with van der Waals surface area (Å²) in [5.41, 5.74) is 6.65. The zero-order chi connectivity index (χ0) is 15.8. The summed E-state index contributed by atoms with van der Waals surface area (Å²) in [7, 11) is 0. The normalized spacial score (nSPS) is 19.7. The Bertz CT molecular complexity index is 556. The number of rotatable bonds is 3. The minimum Gasteiger partial charge on any atom is -0.448 e. The Morgan fingerprint density at radius 3 is 2.67 bits per heavy atom. The van der Waals surface area contributed by atoms with Gasteiger partial charge < -0.3 is 10.5 Å². The molecule has 1 aromatic heterocycles. The Hall–Kier alpha value is -1.36. The molecule has 2 N–H and O–H groups in total. The van der Waals surface area contributed by atoms with Crippen molar-refractivity contribution in [1.82, 2.24) is 0 Å². The van der Waals surface area contributed by atoms with Crippen LogP contribution in [0.25, 0.3) is 0 Å². The monoisotopic (exact) mass is 309 g/mol. The Balaban J connectivity index is 2.11. The highest BCUT2D eigenvalue weighted by atomic mass is 32.1. The van der Waals surface area contributed by atoms with Crippen LogP contribution in [0, 0.1) is 11.3 Å². The highest BCUT2D eigenvalue weighted by Gasteiger charge is 2.31. The zero-order valence-electron chi connectivity index (χ0n) is 13.1. The minimum atomic E-state index is -0.890. The SMILES string of the molecule is C[C@@H](OC(=O)c1cc2c(s1)CC[C@@H](C(C)(C)C)C2)C(N)=O. The van der Waals surface area contributed by atoms with Gasteiger partial charge in [-0.05, 0) is 49.1 Å². The van der Waals surface area contributed by atoms with Gasteiger partial charge in [-0.15, -0.1) is 11.3 Å². The van der Waals surface area contributed by atoms with Crippen molar-refractivity contribution in [2.24, 2.45) is 17.1 Å². The Morgan fingerprint density at radius 1 is 1.43 bits per heavy atom. The lowest BCUT2D eigenvalue weighted by atomic mass is 9.72. The van der Waals surface area contributed by atoms with Crippen LogP contribution in [0.2, 0.25) is 0 Å². The average molecular weight is 309 g/mol. The van der Waals surface area contributed by atoms with Crippen molar-refractivity contribution in [3.63, 3.8) is 0 Å². The predicted octanol–water partition coefficient (Wildman–Crippen LogP) is 2.93. The first-order valence-electron chi connectivity index (χ1n) is 7.30. The molecular weight excluding hydrogens is 286 g/mol. The lowest BCUT2D eigenvalue weighted by Gasteiger charge is -2.33. The van der Waals surface area contributed by atoms with Crippen molar-refractivity contribution < 1.29 is 14.3 Å². The molecule has 0 spiro atoms. The topological polar surface area (TPSA) is 69.4 Å². The van der Waals surface area contributed by atoms with Crippen LogP contribution in [0.15, 0.2) is 6.07 Å². The van der Waals surface area contributed by atoms with Gasteiger partial charge in [0, 0.05) is 4.88 Å². The molecule has 1 aromatic rings. The van der Waals surface area contributed by atoms with Gasteiger partial charge in [0.05, 0.1) is 0 Å². The Morgan fingerprint density at radius 2 is 2.10 bits per heavy atom. The van der Waals surface area contributed by atoms with E-state index in [0.717, 1.165) is 19.3 Å². The van der Waals surface area contributed by atoms with Crippen LogP contribution in [0.3, 0.4) is 0 Å². The molecule has 1 amide bonds. The number of fused-ring (bicyclic) bond motifs is 1. The second kappa shape index (κ2) is 5.79. The highest BCUT2D eigenvalue weighted by molar-refractivity contribution is 7.14. The third kappa shape index (κ3) is 3.64. The van der Waals surface area contributed by atoms with Gasteiger partial charge in [-0.1, -0.05) is 20.8 Å². The maximum atomic E-state index is 12.0. The number of hydrogen-bond acceptors (Lipinski definition) is 4. The van der Waals surface area contributed by atoms with Crippen LogP contribution >= 0.6 is 11.3 Å². The molecule has 21 heavy (non-hydrogen) atoms. The quantitative estimate of drug-likeness (QED) is 0.873. The lowest BCUT2D eigenvalue weighted by Crippen LogP contribution is -2.30. The summed E-state index contributed by atoms with van der Waals surface area (Å²) in [6.07, 6.45) is 2.29. The van der Waals surface area contributed by atoms with E-state index in [2.05, 4.69) is 20.8 Å². The second-order valence-corrected chi connectivity index (χ2v) is 7.95. The van der Waals surface area contributed by atoms with E-state index in [1.807, 2.05) is 6.07 Å². The number of carbonyl (C=O) groups excluding carboxylic acids is 2. The molecule has 0 saturated carbocycles. The van der Waals surface area contributed by atoms with Gasteiger partial charge >= 0.3 is 5.97 Å². The van der Waals surface area contributed by atoms with E-state index in [1.165, 1.54) is 28.7 Å². The summed E-state index contributed by atoms with van der Waals surface area (Å²) in [6, 6.07) is 1.92. The number of thiophene rings is 1. The second-order valence-electron chi connectivity index (χ2n) is 6.81. The number of hydrogen-bond donors (Lipinski definition) is 1. The minimum absolute atomic E-state index is 0.279. The van der Waals surface area contributed by atoms with E-state index >= 15 is 0 Å². The molecule has 2 atom stereocenters. The maximum absolute atomic E-state index is 12.0. The molecule has 4 nitrogen and oxygen atoms in total. The van der Waals surface area contributed by atoms with Gasteiger partial charge in [0.2, 0.25) is 0 Å². The van der Waals surface area contributed by atoms with Crippen LogP contribution in [0.1, 0.15) is 54.2 Å². The van der Waals surface area contributed by atoms with E-state index in [4.69, 9.17) is 10.5 Å². The number of amides is 1. The van der Waals surface area contributed by atoms with Crippen LogP contribution in [-0.4, -0.2) is 18.0 Å². The molecule has 0 bridgehead atoms. The van der Waals surface area contributed by atoms with Crippen molar-refractivity contribution in [1.29, 1.82) is 0 Å². The first-order chi connectivity index (χ1) is 9.68. The summed E-state index contributed by atoms with van der Waals surface area (Å²) < 4.78 is 5.07. The standard InChI is InChI=1S/C16H23NO3S/c1-9(14(17)18)20-15(19)13-8-10-7-11(16(2,3)4)5-6-12(10)21-13/h8-9,11H,5-7H2,1-4H3,(H2,17,18)/t9-,11-/m1/s1. The van der Waals surface area contributed by atoms with Crippen molar-refractivity contribution in [3.8, 4) is 0 Å². The molecule has 0 unspecified atom stereocenters. The third-order valence-corrected chi connectivity index (χ3v) is 5.41. The van der Waals surface area contributed by atoms with Crippen molar-refractivity contribution in [2.45, 2.75) is 53.1 Å². The van der Waals surface area contributed by atoms with E-state index in [9.17, 15) is 9.59 Å². The fourth-order valence-electron chi connectivity index (χ4n) is 2.64. The molecule has 0 radical (unpaired) electrons. The molecule has 1 aliphatic carbocycles. The molecule has 0 fully saturated rings. The lowest BCUT2D eigenvalue weighted by molar-refractivity contribution is -0.125. The first kappa shape index (κ1) is 16.0. The van der Waals surface area contributed by atoms with Gasteiger partial charge in [0.15, 0.2) is 6.10 Å². The number of primary amides is 1. The fraction of sp³-hybridized carbons (Fsp3) is 0.625. The molecule has 1 aliphatic rings. The third-order valence-electron chi connectivity index (χ3n) is 4.19. The van der Waals surface area contributed by atoms with Gasteiger partial charge in [-0.25, -0.2) is 4.79 Å². The van der Waals surface area contributed by atoms with Gasteiger partial charge in [0.1, 0.15) is 4.88 Å². The summed E-state index contributed by atoms with van der Waals surface area (Å²) >= 11 is 1.48. The highest BCUT2D eigenvalue weighted by Crippen LogP contribution is 2.40. The Kier molecular flexibility index (Phi) is 4.42. The fourth-order valence-corrected chi connectivity index (χ4v) is 3.73. The molecule has 0 saturated heterocycles. The van der Waals surface area contributed by atoms with Crippen LogP contribution < -0.4 is 5.73 Å². The zero-order valence-corrected chi connectivity index (χ0v) is 13.9. The average Bonchev–Trinajstić information content (AvgIpc) is 2.80. The van der Waals surface area contributed by atoms with E-state index < -0.39 is 18.0 Å². The van der Waals surface area contributed by atoms with E-state index in [-0.39, 0.29) is 5.41 Å². The van der Waals surface area contributed by atoms with Crippen LogP contribution in [-0.2, 0) is 22.4 Å². The first-order valence-corrected chi connectivity index (χ1v) is 8.12. The number of esters is 1. The van der Waals surface area contributed by atoms with Gasteiger partial charge in [-0.3, -0.25) is 4.79 Å². The molecule has 116 valence electrons. The van der Waals surface area contributed by atoms with E-state index in [1.54, 1.807) is 0 Å². The molecule has 1 heterocycles. The number of nitrogens with two attached hydrogens (primary N) is 1. The summed E-state index contributed by atoms with van der Waals surface area (Å²) in [5, 5.41) is 0. The van der Waals surface area contributed by atoms with Gasteiger partial charge in [0.25, 0.3) is 5.91 Å². The van der Waals surface area contributed by atoms with Crippen LogP contribution in [0.5, 0.6) is 0 Å². The predicted molar refractivity (Wildman–Crippen MR) is 83.4 cm³/mol. The number of aryl methyl sites for hydroxylation is 1. The summed E-state index contributed by atoms with van der Waals surface area (Å²) in [4.78, 5) is 24.8. The van der Waals surface area contributed by atoms with Crippen molar-refractivity contribution in [3.05, 3.63) is 21.4 Å². The van der Waals surface area contributed by atoms with Crippen molar-refractivity contribution >= 4 is 23.2 Å². The van der Waals surface area contributed by atoms with Gasteiger partial charge in [-0.2, -0.15) is 0 Å². The molecule has 2 rings (SSSR count). The summed E-state index contributed by atoms with van der Waals surface area (Å²) in [6.45, 7) is 8.28. The Labute approximate surface area is 129 Å².